The van der Waals surface area contributed by atoms with E-state index in [1.807, 2.05) is 24.3 Å². The van der Waals surface area contributed by atoms with Crippen LogP contribution in [-0.4, -0.2) is 33.2 Å². The summed E-state index contributed by atoms with van der Waals surface area (Å²) in [5, 5.41) is 14.7. The van der Waals surface area contributed by atoms with Crippen molar-refractivity contribution < 1.29 is 4.79 Å². The van der Waals surface area contributed by atoms with Crippen molar-refractivity contribution in [1.82, 2.24) is 27.4 Å². The van der Waals surface area contributed by atoms with E-state index in [0.717, 1.165) is 111 Å². The number of nitrogens with zero attached hydrogens (tertiary/aromatic N) is 6. The van der Waals surface area contributed by atoms with Crippen molar-refractivity contribution in [3.05, 3.63) is 381 Å². The van der Waals surface area contributed by atoms with Gasteiger partial charge in [-0.25, -0.2) is 0 Å². The molecule has 1 aliphatic rings. The molecule has 140 heavy (non-hydrogen) atoms. The number of fused-ring (bicyclic) bond motifs is 21. The number of hydrogen-bond donors (Lipinski definition) is 0. The van der Waals surface area contributed by atoms with Crippen molar-refractivity contribution in [2.45, 2.75) is 209 Å². The van der Waals surface area contributed by atoms with Crippen LogP contribution in [0.5, 0.6) is 0 Å². The summed E-state index contributed by atoms with van der Waals surface area (Å²) in [6.07, 6.45) is 0. The molecule has 690 valence electrons. The van der Waals surface area contributed by atoms with E-state index in [1.54, 1.807) is 0 Å². The molecule has 0 amide bonds. The molecular weight excluding hydrogens is 1700 g/mol. The minimum absolute atomic E-state index is 0.0235. The van der Waals surface area contributed by atoms with Crippen molar-refractivity contribution in [2.75, 3.05) is 0 Å². The van der Waals surface area contributed by atoms with Crippen LogP contribution in [0.2, 0.25) is 0 Å². The molecule has 16 aromatic carbocycles. The normalized spacial score (nSPS) is 13.2. The number of aromatic nitrogens is 6. The van der Waals surface area contributed by atoms with Gasteiger partial charge in [-0.1, -0.05) is 251 Å². The number of benzene rings is 16. The predicted octanol–water partition coefficient (Wildman–Crippen LogP) is 34.7. The summed E-state index contributed by atoms with van der Waals surface area (Å²) in [6.45, 7) is 55.4. The van der Waals surface area contributed by atoms with Gasteiger partial charge in [0.05, 0.1) is 66.2 Å². The predicted molar refractivity (Wildman–Crippen MR) is 596 cm³/mol. The average Bonchev–Trinajstić information content (AvgIpc) is 1.51. The second-order valence-corrected chi connectivity index (χ2v) is 48.1. The van der Waals surface area contributed by atoms with E-state index in [1.165, 1.54) is 132 Å². The van der Waals surface area contributed by atoms with Gasteiger partial charge in [0.15, 0.2) is 5.78 Å². The van der Waals surface area contributed by atoms with E-state index >= 15 is 0 Å². The summed E-state index contributed by atoms with van der Waals surface area (Å²) < 4.78 is 14.8. The highest BCUT2D eigenvalue weighted by Crippen LogP contribution is 2.49. The number of hydrogen-bond acceptors (Lipinski definition) is 1. The van der Waals surface area contributed by atoms with Crippen LogP contribution in [0.4, 0.5) is 0 Å². The molecule has 0 aliphatic heterocycles. The molecule has 6 heterocycles. The lowest BCUT2D eigenvalue weighted by molar-refractivity contribution is 0.104. The molecule has 0 spiro atoms. The molecule has 0 atom stereocenters. The Kier molecular flexibility index (Phi) is 19.8. The maximum atomic E-state index is 14.8. The zero-order valence-corrected chi connectivity index (χ0v) is 85.5. The summed E-state index contributed by atoms with van der Waals surface area (Å²) in [6, 6.07) is 115. The molecule has 0 radical (unpaired) electrons. The molecule has 1 aliphatic carbocycles. The van der Waals surface area contributed by atoms with Gasteiger partial charge in [0.2, 0.25) is 0 Å². The summed E-state index contributed by atoms with van der Waals surface area (Å²) in [5.74, 6) is 13.9. The zero-order valence-electron chi connectivity index (χ0n) is 85.5. The molecule has 0 unspecified atom stereocenters. The van der Waals surface area contributed by atoms with Gasteiger partial charge < -0.3 is 27.4 Å². The van der Waals surface area contributed by atoms with Crippen molar-refractivity contribution in [1.29, 1.82) is 0 Å². The van der Waals surface area contributed by atoms with Gasteiger partial charge >= 0.3 is 0 Å². The molecule has 7 heteroatoms. The van der Waals surface area contributed by atoms with Crippen LogP contribution in [0.3, 0.4) is 0 Å². The number of carbonyl (C=O) groups excluding carboxylic acids is 1. The standard InChI is InChI=1S/C133H122N6O/c1-126(2,3)83-35-53-113-99(67-83)100-68-84(127(4,5)6)36-54-114(100)136(113)93-47-61-121-107(75-93)108-76-94(137-115-55-37-85(128(7,8)9)69-101(115)102-70-86(129(10,11)12)38-56-116(102)137)48-62-122(108)134(121)91-43-29-79(30-44-91)25-27-81-33-51-97-98-52-34-82(66-112(98)125(140)111(97)65-81)28-26-80-31-45-92(46-32-80)135-123-63-49-95(138-117-57-39-87(130(13,14)15)71-103(117)104-72-88(131(16,17)18)40-58-118(104)138)77-109(123)110-78-96(50-64-124(110)135)139-119-59-41-89(132(19,20)21)73-105(119)106-74-90(133(22,23)24)42-60-120(106)139/h29-78H,1-24H3. The van der Waals surface area contributed by atoms with Crippen LogP contribution < -0.4 is 0 Å². The van der Waals surface area contributed by atoms with E-state index in [0.29, 0.717) is 11.1 Å². The highest BCUT2D eigenvalue weighted by Gasteiger charge is 2.32. The molecule has 0 fully saturated rings. The molecule has 0 saturated heterocycles. The third-order valence-corrected chi connectivity index (χ3v) is 30.3. The Morgan fingerprint density at radius 2 is 0.300 bits per heavy atom. The third kappa shape index (κ3) is 14.7. The number of ketones is 1. The van der Waals surface area contributed by atoms with E-state index in [2.05, 4.69) is 496 Å². The Balaban J connectivity index is 0.569. The Bertz CT molecular complexity index is 8010. The lowest BCUT2D eigenvalue weighted by Gasteiger charge is -2.19. The van der Waals surface area contributed by atoms with Crippen LogP contribution in [0.1, 0.15) is 249 Å². The lowest BCUT2D eigenvalue weighted by Crippen LogP contribution is -2.10. The third-order valence-electron chi connectivity index (χ3n) is 30.3. The van der Waals surface area contributed by atoms with Crippen LogP contribution in [0.25, 0.3) is 176 Å². The first-order chi connectivity index (χ1) is 66.3. The quantitative estimate of drug-likeness (QED) is 0.153. The Hall–Kier alpha value is -14.9. The lowest BCUT2D eigenvalue weighted by atomic mass is 9.85. The highest BCUT2D eigenvalue weighted by atomic mass is 16.1. The first kappa shape index (κ1) is 89.0. The zero-order chi connectivity index (χ0) is 97.8. The van der Waals surface area contributed by atoms with Gasteiger partial charge in [-0.05, 0) is 342 Å². The Labute approximate surface area is 822 Å². The minimum Gasteiger partial charge on any atom is -0.309 e. The monoisotopic (exact) mass is 1820 g/mol. The van der Waals surface area contributed by atoms with E-state index in [-0.39, 0.29) is 49.1 Å². The van der Waals surface area contributed by atoms with E-state index < -0.39 is 0 Å². The molecule has 0 bridgehead atoms. The van der Waals surface area contributed by atoms with Gasteiger partial charge in [0, 0.05) is 132 Å². The maximum Gasteiger partial charge on any atom is 0.194 e. The van der Waals surface area contributed by atoms with Gasteiger partial charge in [-0.3, -0.25) is 4.79 Å². The van der Waals surface area contributed by atoms with Gasteiger partial charge in [-0.15, -0.1) is 0 Å². The van der Waals surface area contributed by atoms with Crippen molar-refractivity contribution in [3.8, 4) is 68.9 Å². The van der Waals surface area contributed by atoms with Gasteiger partial charge in [0.25, 0.3) is 0 Å². The largest absolute Gasteiger partial charge is 0.309 e. The number of rotatable bonds is 6. The van der Waals surface area contributed by atoms with Gasteiger partial charge in [-0.2, -0.15) is 0 Å². The molecule has 22 aromatic rings. The van der Waals surface area contributed by atoms with Crippen LogP contribution >= 0.6 is 0 Å². The molecule has 6 aromatic heterocycles. The summed E-state index contributed by atoms with van der Waals surface area (Å²) >= 11 is 0. The number of carbonyl (C=O) groups is 1. The highest BCUT2D eigenvalue weighted by molar-refractivity contribution is 6.23. The van der Waals surface area contributed by atoms with E-state index in [9.17, 15) is 4.79 Å². The van der Waals surface area contributed by atoms with Crippen LogP contribution in [0.15, 0.2) is 303 Å². The average molecular weight is 1820 g/mol. The first-order valence-corrected chi connectivity index (χ1v) is 50.0. The smallest absolute Gasteiger partial charge is 0.194 e. The molecule has 0 N–H and O–H groups in total. The molecule has 7 nitrogen and oxygen atoms in total. The second kappa shape index (κ2) is 31.1. The summed E-state index contributed by atoms with van der Waals surface area (Å²) in [7, 11) is 0. The molecular formula is C133H122N6O. The fourth-order valence-electron chi connectivity index (χ4n) is 22.0. The summed E-state index contributed by atoms with van der Waals surface area (Å²) in [5.41, 5.74) is 37.1. The van der Waals surface area contributed by atoms with Crippen LogP contribution in [-0.2, 0) is 43.3 Å². The molecule has 23 rings (SSSR count). The van der Waals surface area contributed by atoms with Crippen molar-refractivity contribution >= 4 is 137 Å². The van der Waals surface area contributed by atoms with Crippen LogP contribution in [0, 0.1) is 23.7 Å². The van der Waals surface area contributed by atoms with Crippen molar-refractivity contribution in [2.24, 2.45) is 0 Å². The molecule has 0 saturated carbocycles. The topological polar surface area (TPSA) is 46.6 Å². The summed E-state index contributed by atoms with van der Waals surface area (Å²) in [4.78, 5) is 14.8. The minimum atomic E-state index is -0.0258. The van der Waals surface area contributed by atoms with E-state index in [4.69, 9.17) is 0 Å². The Morgan fingerprint density at radius 3 is 0.486 bits per heavy atom. The SMILES string of the molecule is CC(C)(C)c1ccc2c(c1)c1cc(C(C)(C)C)ccc1n2-c1ccc2c(c1)c1cc(-n3c4ccc(C(C)(C)C)cc4c4cc(C(C)(C)C)ccc43)ccc1n2-c1ccc(C#Cc2ccc3c(c2)C(=O)c2cc(C#Cc4ccc(-n5c6ccc(-n7c8ccc(C(C)(C)C)cc8c8cc(C(C)(C)C)ccc87)cc6c6cc(-n7c8ccc(C(C)(C)C)cc8c8cc(C(C)(C)C)ccc87)ccc65)cc4)ccc2-3)cc1. The van der Waals surface area contributed by atoms with Gasteiger partial charge in [0.1, 0.15) is 0 Å². The Morgan fingerprint density at radius 1 is 0.150 bits per heavy atom. The fourth-order valence-corrected chi connectivity index (χ4v) is 22.0. The van der Waals surface area contributed by atoms with Crippen molar-refractivity contribution in [3.63, 3.8) is 0 Å². The first-order valence-electron chi connectivity index (χ1n) is 50.0. The fraction of sp³-hybridized carbons (Fsp3) is 0.241. The maximum absolute atomic E-state index is 14.8. The second-order valence-electron chi connectivity index (χ2n) is 48.1.